The first-order chi connectivity index (χ1) is 20.7. The zero-order valence-electron chi connectivity index (χ0n) is 25.1. The number of piperidine rings is 1. The van der Waals surface area contributed by atoms with Gasteiger partial charge in [0.15, 0.2) is 0 Å². The van der Waals surface area contributed by atoms with E-state index in [1.165, 1.54) is 50.7 Å². The molecule has 0 spiro atoms. The van der Waals surface area contributed by atoms with Crippen LogP contribution in [0.2, 0.25) is 0 Å². The third-order valence-corrected chi connectivity index (χ3v) is 8.42. The maximum Gasteiger partial charge on any atom is 0.433 e. The summed E-state index contributed by atoms with van der Waals surface area (Å²) in [7, 11) is 0. The molecule has 1 aliphatic heterocycles. The Morgan fingerprint density at radius 1 is 0.930 bits per heavy atom. The molecule has 2 aromatic rings. The number of alkyl halides is 3. The SMILES string of the molecule is CCCCCCCCCCNc1cc(F)c(C2CCC(=NOC3CCN(c4nccc(C(F)(F)F)n4)CC3)CC2)cc1F. The molecule has 1 saturated heterocycles. The molecule has 2 fully saturated rings. The molecule has 0 atom stereocenters. The van der Waals surface area contributed by atoms with E-state index in [0.717, 1.165) is 30.8 Å². The lowest BCUT2D eigenvalue weighted by atomic mass is 9.83. The van der Waals surface area contributed by atoms with Gasteiger partial charge in [-0.2, -0.15) is 13.2 Å². The molecule has 1 N–H and O–H groups in total. The number of nitrogens with one attached hydrogen (secondary N) is 1. The first-order valence-electron chi connectivity index (χ1n) is 15.8. The molecule has 2 heterocycles. The Labute approximate surface area is 251 Å². The second-order valence-corrected chi connectivity index (χ2v) is 11.7. The van der Waals surface area contributed by atoms with Gasteiger partial charge >= 0.3 is 6.18 Å². The summed E-state index contributed by atoms with van der Waals surface area (Å²) in [4.78, 5) is 15.1. The van der Waals surface area contributed by atoms with Gasteiger partial charge in [0.1, 0.15) is 23.4 Å². The van der Waals surface area contributed by atoms with E-state index in [9.17, 15) is 22.0 Å². The summed E-state index contributed by atoms with van der Waals surface area (Å²) in [6, 6.07) is 3.50. The molecule has 1 aliphatic carbocycles. The number of hydrogen-bond acceptors (Lipinski definition) is 6. The summed E-state index contributed by atoms with van der Waals surface area (Å²) in [5, 5.41) is 7.41. The van der Waals surface area contributed by atoms with E-state index in [1.807, 2.05) is 0 Å². The Hall–Kier alpha value is -2.98. The molecular formula is C32H44F5N5O. The van der Waals surface area contributed by atoms with Gasteiger partial charge in [-0.25, -0.2) is 18.7 Å². The van der Waals surface area contributed by atoms with Crippen molar-refractivity contribution < 1.29 is 26.8 Å². The van der Waals surface area contributed by atoms with Crippen LogP contribution in [-0.4, -0.2) is 41.4 Å². The van der Waals surface area contributed by atoms with E-state index in [1.54, 1.807) is 4.90 Å². The fourth-order valence-electron chi connectivity index (χ4n) is 5.81. The maximum atomic E-state index is 15.0. The summed E-state index contributed by atoms with van der Waals surface area (Å²) in [6.45, 7) is 3.77. The highest BCUT2D eigenvalue weighted by Gasteiger charge is 2.34. The van der Waals surface area contributed by atoms with Gasteiger partial charge in [-0.1, -0.05) is 57.0 Å². The fourth-order valence-corrected chi connectivity index (χ4v) is 5.81. The zero-order valence-corrected chi connectivity index (χ0v) is 25.1. The number of unbranched alkanes of at least 4 members (excludes halogenated alkanes) is 7. The van der Waals surface area contributed by atoms with E-state index in [2.05, 4.69) is 27.4 Å². The van der Waals surface area contributed by atoms with Crippen molar-refractivity contribution in [2.75, 3.05) is 29.9 Å². The number of nitrogens with zero attached hydrogens (tertiary/aromatic N) is 4. The summed E-state index contributed by atoms with van der Waals surface area (Å²) in [6.07, 6.45) is 9.78. The van der Waals surface area contributed by atoms with Crippen LogP contribution in [0.1, 0.15) is 114 Å². The number of rotatable bonds is 14. The van der Waals surface area contributed by atoms with Crippen molar-refractivity contribution in [3.63, 3.8) is 0 Å². The average molecular weight is 610 g/mol. The van der Waals surface area contributed by atoms with Crippen molar-refractivity contribution in [2.24, 2.45) is 5.16 Å². The molecule has 1 aromatic carbocycles. The second kappa shape index (κ2) is 16.2. The van der Waals surface area contributed by atoms with Crippen LogP contribution >= 0.6 is 0 Å². The topological polar surface area (TPSA) is 62.6 Å². The Morgan fingerprint density at radius 3 is 2.28 bits per heavy atom. The largest absolute Gasteiger partial charge is 0.433 e. The minimum Gasteiger partial charge on any atom is -0.392 e. The van der Waals surface area contributed by atoms with E-state index in [4.69, 9.17) is 4.84 Å². The standard InChI is InChI=1S/C32H44F5N5O/c1-2-3-4-5-6-7-8-9-17-38-29-22-27(33)26(21-28(29)34)23-10-12-24(13-11-23)41-43-25-15-19-42(20-16-25)31-39-18-14-30(40-31)32(35,36)37/h14,18,21-23,25,38H,2-13,15-17,19-20H2,1H3. The molecule has 4 rings (SSSR count). The lowest BCUT2D eigenvalue weighted by Gasteiger charge is -2.31. The van der Waals surface area contributed by atoms with Crippen molar-refractivity contribution >= 4 is 17.3 Å². The van der Waals surface area contributed by atoms with E-state index < -0.39 is 17.7 Å². The van der Waals surface area contributed by atoms with Gasteiger partial charge in [0.05, 0.1) is 11.4 Å². The van der Waals surface area contributed by atoms with Crippen LogP contribution in [0.25, 0.3) is 0 Å². The summed E-state index contributed by atoms with van der Waals surface area (Å²) >= 11 is 0. The predicted molar refractivity (Wildman–Crippen MR) is 159 cm³/mol. The van der Waals surface area contributed by atoms with Crippen LogP contribution < -0.4 is 10.2 Å². The number of hydrogen-bond donors (Lipinski definition) is 1. The molecular weight excluding hydrogens is 565 g/mol. The van der Waals surface area contributed by atoms with Crippen molar-refractivity contribution in [1.29, 1.82) is 0 Å². The molecule has 1 saturated carbocycles. The molecule has 2 aliphatic rings. The van der Waals surface area contributed by atoms with Crippen molar-refractivity contribution in [3.8, 4) is 0 Å². The number of oxime groups is 1. The average Bonchev–Trinajstić information content (AvgIpc) is 3.01. The quantitative estimate of drug-likeness (QED) is 0.132. The predicted octanol–water partition coefficient (Wildman–Crippen LogP) is 9.03. The van der Waals surface area contributed by atoms with Crippen molar-refractivity contribution in [2.45, 2.75) is 115 Å². The van der Waals surface area contributed by atoms with Crippen molar-refractivity contribution in [1.82, 2.24) is 9.97 Å². The van der Waals surface area contributed by atoms with Crippen molar-refractivity contribution in [3.05, 3.63) is 47.3 Å². The van der Waals surface area contributed by atoms with Crippen LogP contribution in [-0.2, 0) is 11.0 Å². The molecule has 6 nitrogen and oxygen atoms in total. The number of anilines is 2. The summed E-state index contributed by atoms with van der Waals surface area (Å²) in [5.41, 5.74) is 0.576. The van der Waals surface area contributed by atoms with Crippen LogP contribution in [0.3, 0.4) is 0 Å². The van der Waals surface area contributed by atoms with Crippen LogP contribution in [0.4, 0.5) is 33.6 Å². The summed E-state index contributed by atoms with van der Waals surface area (Å²) in [5.74, 6) is -0.807. The molecule has 238 valence electrons. The van der Waals surface area contributed by atoms with E-state index >= 15 is 0 Å². The van der Waals surface area contributed by atoms with Gasteiger partial charge in [0, 0.05) is 44.7 Å². The molecule has 0 unspecified atom stereocenters. The van der Waals surface area contributed by atoms with E-state index in [0.29, 0.717) is 63.7 Å². The molecule has 11 heteroatoms. The normalized spacial score (nSPS) is 18.1. The number of halogens is 5. The smallest absolute Gasteiger partial charge is 0.392 e. The molecule has 43 heavy (non-hydrogen) atoms. The highest BCUT2D eigenvalue weighted by atomic mass is 19.4. The highest BCUT2D eigenvalue weighted by molar-refractivity contribution is 5.84. The van der Waals surface area contributed by atoms with Gasteiger partial charge in [-0.05, 0) is 55.7 Å². The highest BCUT2D eigenvalue weighted by Crippen LogP contribution is 2.35. The van der Waals surface area contributed by atoms with Gasteiger partial charge in [0.2, 0.25) is 5.95 Å². The minimum absolute atomic E-state index is 0.0638. The third-order valence-electron chi connectivity index (χ3n) is 8.42. The zero-order chi connectivity index (χ0) is 30.7. The van der Waals surface area contributed by atoms with Gasteiger partial charge < -0.3 is 15.1 Å². The Kier molecular flexibility index (Phi) is 12.4. The maximum absolute atomic E-state index is 15.0. The van der Waals surface area contributed by atoms with Crippen LogP contribution in [0.15, 0.2) is 29.6 Å². The third kappa shape index (κ3) is 10.0. The first kappa shape index (κ1) is 32.9. The lowest BCUT2D eigenvalue weighted by molar-refractivity contribution is -0.141. The minimum atomic E-state index is -4.51. The molecule has 0 bridgehead atoms. The molecule has 0 amide bonds. The Balaban J connectivity index is 1.17. The Bertz CT molecular complexity index is 1170. The van der Waals surface area contributed by atoms with Crippen LogP contribution in [0.5, 0.6) is 0 Å². The summed E-state index contributed by atoms with van der Waals surface area (Å²) < 4.78 is 68.7. The van der Waals surface area contributed by atoms with Gasteiger partial charge in [-0.3, -0.25) is 0 Å². The number of benzene rings is 1. The lowest BCUT2D eigenvalue weighted by Crippen LogP contribution is -2.38. The molecule has 0 radical (unpaired) electrons. The molecule has 1 aromatic heterocycles. The second-order valence-electron chi connectivity index (χ2n) is 11.7. The van der Waals surface area contributed by atoms with Gasteiger partial charge in [-0.15, -0.1) is 0 Å². The van der Waals surface area contributed by atoms with Gasteiger partial charge in [0.25, 0.3) is 0 Å². The number of aromatic nitrogens is 2. The van der Waals surface area contributed by atoms with E-state index in [-0.39, 0.29) is 29.5 Å². The monoisotopic (exact) mass is 609 g/mol. The first-order valence-corrected chi connectivity index (χ1v) is 15.8. The fraction of sp³-hybridized carbons (Fsp3) is 0.656. The Morgan fingerprint density at radius 2 is 1.60 bits per heavy atom. The van der Waals surface area contributed by atoms with Crippen LogP contribution in [0, 0.1) is 11.6 Å².